The van der Waals surface area contributed by atoms with Crippen LogP contribution < -0.4 is 16.0 Å². The molecular weight excluding hydrogens is 262 g/mol. The first-order chi connectivity index (χ1) is 9.18. The summed E-state index contributed by atoms with van der Waals surface area (Å²) in [7, 11) is 0. The molecule has 1 rings (SSSR count). The molecule has 7 heteroatoms. The third-order valence-corrected chi connectivity index (χ3v) is 3.33. The SMILES string of the molecule is CC(C)(C)C(CC(=O)O)NC(=O)NC1CCC(=O)NC1. The molecule has 0 aromatic carbocycles. The van der Waals surface area contributed by atoms with E-state index < -0.39 is 18.0 Å². The topological polar surface area (TPSA) is 108 Å². The number of piperidine rings is 1. The Morgan fingerprint density at radius 3 is 2.55 bits per heavy atom. The number of hydrogen-bond donors (Lipinski definition) is 4. The lowest BCUT2D eigenvalue weighted by molar-refractivity contribution is -0.138. The molecule has 0 bridgehead atoms. The molecule has 4 N–H and O–H groups in total. The Labute approximate surface area is 118 Å². The van der Waals surface area contributed by atoms with Crippen molar-refractivity contribution in [3.8, 4) is 0 Å². The van der Waals surface area contributed by atoms with Crippen LogP contribution >= 0.6 is 0 Å². The summed E-state index contributed by atoms with van der Waals surface area (Å²) in [4.78, 5) is 33.8. The van der Waals surface area contributed by atoms with Gasteiger partial charge in [0.1, 0.15) is 0 Å². The predicted molar refractivity (Wildman–Crippen MR) is 73.2 cm³/mol. The fourth-order valence-electron chi connectivity index (χ4n) is 1.99. The Morgan fingerprint density at radius 2 is 2.10 bits per heavy atom. The van der Waals surface area contributed by atoms with Crippen molar-refractivity contribution in [1.82, 2.24) is 16.0 Å². The van der Waals surface area contributed by atoms with Crippen molar-refractivity contribution in [2.24, 2.45) is 5.41 Å². The van der Waals surface area contributed by atoms with E-state index in [9.17, 15) is 14.4 Å². The van der Waals surface area contributed by atoms with Gasteiger partial charge < -0.3 is 21.1 Å². The van der Waals surface area contributed by atoms with Crippen LogP contribution in [0, 0.1) is 5.41 Å². The maximum atomic E-state index is 11.9. The molecule has 0 spiro atoms. The predicted octanol–water partition coefficient (Wildman–Crippen LogP) is 0.454. The van der Waals surface area contributed by atoms with Crippen LogP contribution in [0.5, 0.6) is 0 Å². The van der Waals surface area contributed by atoms with Gasteiger partial charge in [-0.25, -0.2) is 4.79 Å². The van der Waals surface area contributed by atoms with E-state index in [1.807, 2.05) is 20.8 Å². The van der Waals surface area contributed by atoms with E-state index in [-0.39, 0.29) is 23.8 Å². The summed E-state index contributed by atoms with van der Waals surface area (Å²) in [5, 5.41) is 17.0. The number of carboxylic acid groups (broad SMARTS) is 1. The van der Waals surface area contributed by atoms with Gasteiger partial charge in [-0.2, -0.15) is 0 Å². The van der Waals surface area contributed by atoms with Gasteiger partial charge in [0.25, 0.3) is 0 Å². The average molecular weight is 285 g/mol. The van der Waals surface area contributed by atoms with Gasteiger partial charge in [-0.3, -0.25) is 9.59 Å². The molecule has 0 saturated carbocycles. The van der Waals surface area contributed by atoms with Crippen molar-refractivity contribution in [1.29, 1.82) is 0 Å². The number of hydrogen-bond acceptors (Lipinski definition) is 3. The monoisotopic (exact) mass is 285 g/mol. The minimum Gasteiger partial charge on any atom is -0.481 e. The summed E-state index contributed by atoms with van der Waals surface area (Å²) < 4.78 is 0. The van der Waals surface area contributed by atoms with Crippen molar-refractivity contribution in [3.63, 3.8) is 0 Å². The quantitative estimate of drug-likeness (QED) is 0.601. The normalized spacial score (nSPS) is 20.8. The first-order valence-corrected chi connectivity index (χ1v) is 6.74. The molecule has 1 saturated heterocycles. The Balaban J connectivity index is 2.49. The molecule has 1 aliphatic rings. The van der Waals surface area contributed by atoms with Crippen molar-refractivity contribution < 1.29 is 19.5 Å². The molecule has 3 amide bonds. The summed E-state index contributed by atoms with van der Waals surface area (Å²) in [5.74, 6) is -0.961. The van der Waals surface area contributed by atoms with Crippen LogP contribution in [-0.4, -0.2) is 41.6 Å². The highest BCUT2D eigenvalue weighted by Crippen LogP contribution is 2.21. The average Bonchev–Trinajstić information content (AvgIpc) is 2.29. The first-order valence-electron chi connectivity index (χ1n) is 6.74. The van der Waals surface area contributed by atoms with Gasteiger partial charge >= 0.3 is 12.0 Å². The number of aliphatic carboxylic acids is 1. The maximum absolute atomic E-state index is 11.9. The van der Waals surface area contributed by atoms with E-state index in [4.69, 9.17) is 5.11 Å². The second-order valence-electron chi connectivity index (χ2n) is 6.17. The number of amides is 3. The molecular formula is C13H23N3O4. The number of carboxylic acids is 1. The Hall–Kier alpha value is -1.79. The lowest BCUT2D eigenvalue weighted by Crippen LogP contribution is -2.54. The summed E-state index contributed by atoms with van der Waals surface area (Å²) in [6, 6.07) is -0.969. The van der Waals surface area contributed by atoms with Gasteiger partial charge in [-0.15, -0.1) is 0 Å². The van der Waals surface area contributed by atoms with Crippen LogP contribution in [0.3, 0.4) is 0 Å². The lowest BCUT2D eigenvalue weighted by Gasteiger charge is -2.31. The fraction of sp³-hybridized carbons (Fsp3) is 0.769. The Bertz CT molecular complexity index is 380. The van der Waals surface area contributed by atoms with E-state index in [2.05, 4.69) is 16.0 Å². The molecule has 114 valence electrons. The van der Waals surface area contributed by atoms with Crippen molar-refractivity contribution in [3.05, 3.63) is 0 Å². The zero-order valence-electron chi connectivity index (χ0n) is 12.2. The van der Waals surface area contributed by atoms with E-state index in [1.165, 1.54) is 0 Å². The molecule has 1 heterocycles. The van der Waals surface area contributed by atoms with Crippen molar-refractivity contribution in [2.45, 2.75) is 52.1 Å². The fourth-order valence-corrected chi connectivity index (χ4v) is 1.99. The standard InChI is InChI=1S/C13H23N3O4/c1-13(2,3)9(6-11(18)19)16-12(20)15-8-4-5-10(17)14-7-8/h8-9H,4-7H2,1-3H3,(H,14,17)(H,18,19)(H2,15,16,20). The Morgan fingerprint density at radius 1 is 1.45 bits per heavy atom. The molecule has 20 heavy (non-hydrogen) atoms. The first kappa shape index (κ1) is 16.3. The van der Waals surface area contributed by atoms with Gasteiger partial charge in [0, 0.05) is 25.0 Å². The van der Waals surface area contributed by atoms with Crippen molar-refractivity contribution in [2.75, 3.05) is 6.54 Å². The number of rotatable bonds is 4. The van der Waals surface area contributed by atoms with Crippen molar-refractivity contribution >= 4 is 17.9 Å². The summed E-state index contributed by atoms with van der Waals surface area (Å²) in [5.41, 5.74) is -0.351. The second kappa shape index (κ2) is 6.58. The smallest absolute Gasteiger partial charge is 0.315 e. The molecule has 0 aromatic heterocycles. The van der Waals surface area contributed by atoms with Crippen LogP contribution in [0.2, 0.25) is 0 Å². The van der Waals surface area contributed by atoms with Gasteiger partial charge in [-0.1, -0.05) is 20.8 Å². The molecule has 1 aliphatic heterocycles. The zero-order valence-corrected chi connectivity index (χ0v) is 12.2. The summed E-state index contributed by atoms with van der Waals surface area (Å²) >= 11 is 0. The molecule has 2 atom stereocenters. The highest BCUT2D eigenvalue weighted by Gasteiger charge is 2.29. The molecule has 7 nitrogen and oxygen atoms in total. The van der Waals surface area contributed by atoms with Crippen LogP contribution in [0.1, 0.15) is 40.0 Å². The summed E-state index contributed by atoms with van der Waals surface area (Å²) in [6.07, 6.45) is 0.861. The highest BCUT2D eigenvalue weighted by atomic mass is 16.4. The molecule has 1 fully saturated rings. The minimum absolute atomic E-state index is 0.0121. The molecule has 0 aliphatic carbocycles. The van der Waals surface area contributed by atoms with Crippen LogP contribution in [-0.2, 0) is 9.59 Å². The van der Waals surface area contributed by atoms with E-state index >= 15 is 0 Å². The number of carbonyl (C=O) groups excluding carboxylic acids is 2. The number of urea groups is 1. The largest absolute Gasteiger partial charge is 0.481 e. The third-order valence-electron chi connectivity index (χ3n) is 3.33. The number of carbonyl (C=O) groups is 3. The number of nitrogens with one attached hydrogen (secondary N) is 3. The molecule has 0 aromatic rings. The van der Waals surface area contributed by atoms with E-state index in [0.29, 0.717) is 19.4 Å². The van der Waals surface area contributed by atoms with Crippen LogP contribution in [0.15, 0.2) is 0 Å². The molecule has 2 unspecified atom stereocenters. The summed E-state index contributed by atoms with van der Waals surface area (Å²) in [6.45, 7) is 6.04. The van der Waals surface area contributed by atoms with Gasteiger partial charge in [0.05, 0.1) is 6.42 Å². The van der Waals surface area contributed by atoms with E-state index in [1.54, 1.807) is 0 Å². The van der Waals surface area contributed by atoms with Crippen LogP contribution in [0.4, 0.5) is 4.79 Å². The zero-order chi connectivity index (χ0) is 15.3. The van der Waals surface area contributed by atoms with Gasteiger partial charge in [-0.05, 0) is 11.8 Å². The second-order valence-corrected chi connectivity index (χ2v) is 6.17. The highest BCUT2D eigenvalue weighted by molar-refractivity contribution is 5.78. The van der Waals surface area contributed by atoms with Gasteiger partial charge in [0.15, 0.2) is 0 Å². The maximum Gasteiger partial charge on any atom is 0.315 e. The Kier molecular flexibility index (Phi) is 5.35. The molecule has 0 radical (unpaired) electrons. The minimum atomic E-state index is -0.949. The van der Waals surface area contributed by atoms with Crippen LogP contribution in [0.25, 0.3) is 0 Å². The lowest BCUT2D eigenvalue weighted by atomic mass is 9.85. The van der Waals surface area contributed by atoms with Gasteiger partial charge in [0.2, 0.25) is 5.91 Å². The van der Waals surface area contributed by atoms with E-state index in [0.717, 1.165) is 0 Å². The third kappa shape index (κ3) is 5.46.